The molecule has 0 aliphatic carbocycles. The Hall–Kier alpha value is -2.45. The Bertz CT molecular complexity index is 760. The van der Waals surface area contributed by atoms with Gasteiger partial charge in [-0.1, -0.05) is 30.3 Å². The summed E-state index contributed by atoms with van der Waals surface area (Å²) in [4.78, 5) is 13.5. The summed E-state index contributed by atoms with van der Waals surface area (Å²) < 4.78 is 5.73. The predicted octanol–water partition coefficient (Wildman–Crippen LogP) is 3.88. The number of anilines is 1. The largest absolute Gasteiger partial charge is 0.480 e. The third-order valence-corrected chi connectivity index (χ3v) is 5.13. The van der Waals surface area contributed by atoms with Crippen molar-refractivity contribution in [3.05, 3.63) is 54.1 Å². The Balaban J connectivity index is 1.66. The third kappa shape index (κ3) is 3.72. The molecule has 1 aliphatic heterocycles. The number of carbonyl (C=O) groups is 1. The highest BCUT2D eigenvalue weighted by Crippen LogP contribution is 2.31. The lowest BCUT2D eigenvalue weighted by molar-refractivity contribution is -0.122. The van der Waals surface area contributed by atoms with Gasteiger partial charge in [0.15, 0.2) is 6.10 Å². The molecular weight excluding hydrogens is 320 g/mol. The number of benzene rings is 2. The number of carbonyl (C=O) groups excluding carboxylic acids is 1. The molecular formula is C19H18N2O2S. The number of fused-ring (bicyclic) bond motifs is 1. The molecule has 4 nitrogen and oxygen atoms in total. The molecule has 0 saturated heterocycles. The maximum atomic E-state index is 12.5. The van der Waals surface area contributed by atoms with Crippen molar-refractivity contribution in [1.82, 2.24) is 0 Å². The van der Waals surface area contributed by atoms with Gasteiger partial charge in [-0.25, -0.2) is 0 Å². The maximum Gasteiger partial charge on any atom is 0.265 e. The van der Waals surface area contributed by atoms with Gasteiger partial charge in [0.2, 0.25) is 0 Å². The molecule has 0 spiro atoms. The first-order chi connectivity index (χ1) is 11.7. The number of hydrogen-bond acceptors (Lipinski definition) is 4. The Morgan fingerprint density at radius 1 is 1.33 bits per heavy atom. The van der Waals surface area contributed by atoms with Crippen LogP contribution in [0.3, 0.4) is 0 Å². The molecule has 0 radical (unpaired) electrons. The number of para-hydroxylation sites is 2. The van der Waals surface area contributed by atoms with Crippen molar-refractivity contribution in [2.75, 3.05) is 11.1 Å². The van der Waals surface area contributed by atoms with Crippen LogP contribution in [0.15, 0.2) is 53.4 Å². The lowest BCUT2D eigenvalue weighted by Crippen LogP contribution is -2.31. The second-order valence-electron chi connectivity index (χ2n) is 5.74. The van der Waals surface area contributed by atoms with Crippen molar-refractivity contribution in [3.8, 4) is 11.8 Å². The van der Waals surface area contributed by atoms with Crippen molar-refractivity contribution < 1.29 is 9.53 Å². The van der Waals surface area contributed by atoms with Gasteiger partial charge in [-0.2, -0.15) is 5.26 Å². The summed E-state index contributed by atoms with van der Waals surface area (Å²) in [6.07, 6.45) is 0.0847. The molecule has 0 unspecified atom stereocenters. The molecule has 0 fully saturated rings. The molecule has 1 heterocycles. The van der Waals surface area contributed by atoms with Crippen molar-refractivity contribution in [2.45, 2.75) is 24.3 Å². The summed E-state index contributed by atoms with van der Waals surface area (Å²) in [6.45, 7) is 1.89. The summed E-state index contributed by atoms with van der Waals surface area (Å²) in [5.74, 6) is 1.29. The number of thioether (sulfide) groups is 1. The van der Waals surface area contributed by atoms with Gasteiger partial charge in [0.1, 0.15) is 5.75 Å². The predicted molar refractivity (Wildman–Crippen MR) is 95.1 cm³/mol. The number of nitrogens with zero attached hydrogens (tertiary/aromatic N) is 1. The van der Waals surface area contributed by atoms with Crippen LogP contribution in [0.4, 0.5) is 5.69 Å². The normalized spacial score (nSPS) is 16.6. The van der Waals surface area contributed by atoms with Gasteiger partial charge >= 0.3 is 0 Å². The van der Waals surface area contributed by atoms with Crippen molar-refractivity contribution >= 4 is 23.4 Å². The van der Waals surface area contributed by atoms with E-state index in [-0.39, 0.29) is 11.8 Å². The number of hydrogen-bond donors (Lipinski definition) is 1. The highest BCUT2D eigenvalue weighted by molar-refractivity contribution is 7.99. The minimum atomic E-state index is -0.501. The van der Waals surface area contributed by atoms with Gasteiger partial charge < -0.3 is 10.1 Å². The Labute approximate surface area is 145 Å². The van der Waals surface area contributed by atoms with E-state index in [4.69, 9.17) is 10.00 Å². The van der Waals surface area contributed by atoms with Crippen LogP contribution in [0.1, 0.15) is 12.5 Å². The van der Waals surface area contributed by atoms with Crippen LogP contribution in [0.2, 0.25) is 0 Å². The Morgan fingerprint density at radius 2 is 2.08 bits per heavy atom. The molecule has 5 heteroatoms. The van der Waals surface area contributed by atoms with Gasteiger partial charge in [-0.3, -0.25) is 4.79 Å². The third-order valence-electron chi connectivity index (χ3n) is 3.79. The molecule has 2 aromatic rings. The average molecular weight is 338 g/mol. The molecule has 1 aliphatic rings. The summed E-state index contributed by atoms with van der Waals surface area (Å²) in [5.41, 5.74) is 1.82. The molecule has 0 bridgehead atoms. The molecule has 1 amide bonds. The van der Waals surface area contributed by atoms with Crippen LogP contribution in [-0.2, 0) is 11.2 Å². The maximum absolute atomic E-state index is 12.5. The zero-order valence-electron chi connectivity index (χ0n) is 13.4. The second kappa shape index (κ2) is 7.41. The minimum absolute atomic E-state index is 0.0357. The first-order valence-electron chi connectivity index (χ1n) is 7.84. The van der Waals surface area contributed by atoms with Crippen LogP contribution in [0.5, 0.6) is 5.75 Å². The second-order valence-corrected chi connectivity index (χ2v) is 6.81. The standard InChI is InChI=1S/C19H18N2O2S/c1-13(11-20)12-24-18-9-5-3-7-15(18)21-19(22)17-10-14-6-2-4-8-16(14)23-17/h2-9,13,17H,10,12H2,1H3,(H,21,22)/t13-,17+/m0/s1. The van der Waals surface area contributed by atoms with Gasteiger partial charge in [0.25, 0.3) is 5.91 Å². The monoisotopic (exact) mass is 338 g/mol. The topological polar surface area (TPSA) is 62.1 Å². The number of rotatable bonds is 5. The SMILES string of the molecule is C[C@@H](C#N)CSc1ccccc1NC(=O)[C@H]1Cc2ccccc2O1. The number of ether oxygens (including phenoxy) is 1. The van der Waals surface area contributed by atoms with Crippen LogP contribution in [0, 0.1) is 17.2 Å². The highest BCUT2D eigenvalue weighted by Gasteiger charge is 2.29. The van der Waals surface area contributed by atoms with E-state index in [2.05, 4.69) is 11.4 Å². The molecule has 122 valence electrons. The van der Waals surface area contributed by atoms with Gasteiger partial charge in [-0.05, 0) is 30.7 Å². The van der Waals surface area contributed by atoms with Crippen molar-refractivity contribution in [1.29, 1.82) is 5.26 Å². The van der Waals surface area contributed by atoms with E-state index in [1.165, 1.54) is 0 Å². The first kappa shape index (κ1) is 16.4. The molecule has 2 aromatic carbocycles. The number of nitrogens with one attached hydrogen (secondary N) is 1. The minimum Gasteiger partial charge on any atom is -0.480 e. The van der Waals surface area contributed by atoms with Crippen molar-refractivity contribution in [3.63, 3.8) is 0 Å². The molecule has 2 atom stereocenters. The lowest BCUT2D eigenvalue weighted by atomic mass is 10.1. The van der Waals surface area contributed by atoms with E-state index in [9.17, 15) is 4.79 Å². The van der Waals surface area contributed by atoms with E-state index >= 15 is 0 Å². The van der Waals surface area contributed by atoms with Gasteiger partial charge in [0, 0.05) is 17.1 Å². The molecule has 0 saturated carbocycles. The summed E-state index contributed by atoms with van der Waals surface area (Å²) >= 11 is 1.57. The summed E-state index contributed by atoms with van der Waals surface area (Å²) in [5, 5.41) is 11.9. The fourth-order valence-corrected chi connectivity index (χ4v) is 3.44. The smallest absolute Gasteiger partial charge is 0.265 e. The van der Waals surface area contributed by atoms with Gasteiger partial charge in [0.05, 0.1) is 17.7 Å². The molecule has 3 rings (SSSR count). The Kier molecular flexibility index (Phi) is 5.07. The average Bonchev–Trinajstić information content (AvgIpc) is 3.05. The van der Waals surface area contributed by atoms with E-state index in [1.807, 2.05) is 55.5 Å². The first-order valence-corrected chi connectivity index (χ1v) is 8.83. The van der Waals surface area contributed by atoms with Gasteiger partial charge in [-0.15, -0.1) is 11.8 Å². The zero-order valence-corrected chi connectivity index (χ0v) is 14.2. The van der Waals surface area contributed by atoms with E-state index in [0.717, 1.165) is 21.9 Å². The van der Waals surface area contributed by atoms with Crippen LogP contribution >= 0.6 is 11.8 Å². The number of nitriles is 1. The molecule has 0 aromatic heterocycles. The van der Waals surface area contributed by atoms with E-state index in [1.54, 1.807) is 11.8 Å². The summed E-state index contributed by atoms with van der Waals surface area (Å²) in [6, 6.07) is 17.6. The fraction of sp³-hybridized carbons (Fsp3) is 0.263. The number of amides is 1. The highest BCUT2D eigenvalue weighted by atomic mass is 32.2. The molecule has 24 heavy (non-hydrogen) atoms. The van der Waals surface area contributed by atoms with Crippen LogP contribution < -0.4 is 10.1 Å². The summed E-state index contributed by atoms with van der Waals surface area (Å²) in [7, 11) is 0. The Morgan fingerprint density at radius 3 is 2.88 bits per heavy atom. The quantitative estimate of drug-likeness (QED) is 0.841. The fourth-order valence-electron chi connectivity index (χ4n) is 2.49. The lowest BCUT2D eigenvalue weighted by Gasteiger charge is -2.14. The molecule has 1 N–H and O–H groups in total. The van der Waals surface area contributed by atoms with Crippen LogP contribution in [0.25, 0.3) is 0 Å². The van der Waals surface area contributed by atoms with E-state index < -0.39 is 6.10 Å². The van der Waals surface area contributed by atoms with Crippen molar-refractivity contribution in [2.24, 2.45) is 5.92 Å². The zero-order chi connectivity index (χ0) is 16.9. The van der Waals surface area contributed by atoms with E-state index in [0.29, 0.717) is 12.2 Å². The van der Waals surface area contributed by atoms with Crippen LogP contribution in [-0.4, -0.2) is 17.8 Å².